The van der Waals surface area contributed by atoms with Gasteiger partial charge in [0.05, 0.1) is 0 Å². The summed E-state index contributed by atoms with van der Waals surface area (Å²) in [6.45, 7) is 6.32. The van der Waals surface area contributed by atoms with Crippen LogP contribution in [0.15, 0.2) is 36.7 Å². The van der Waals surface area contributed by atoms with E-state index in [4.69, 9.17) is 0 Å². The number of imidazole rings is 1. The normalized spacial score (nSPS) is 11.8. The van der Waals surface area contributed by atoms with Crippen molar-refractivity contribution in [2.45, 2.75) is 20.8 Å². The molecule has 82 valence electrons. The lowest BCUT2D eigenvalue weighted by Crippen LogP contribution is -1.95. The number of hydrogen-bond donors (Lipinski definition) is 1. The molecule has 2 heteroatoms. The van der Waals surface area contributed by atoms with Crippen LogP contribution in [0.4, 0.5) is 0 Å². The van der Waals surface area contributed by atoms with Gasteiger partial charge in [-0.25, -0.2) is 4.98 Å². The van der Waals surface area contributed by atoms with Gasteiger partial charge < -0.3 is 4.98 Å². The zero-order chi connectivity index (χ0) is 11.5. The molecule has 0 radical (unpaired) electrons. The fraction of sp³-hybridized carbons (Fsp3) is 0.214. The summed E-state index contributed by atoms with van der Waals surface area (Å²) >= 11 is 0. The Morgan fingerprint density at radius 3 is 2.75 bits per heavy atom. The predicted octanol–water partition coefficient (Wildman–Crippen LogP) is 3.48. The van der Waals surface area contributed by atoms with Gasteiger partial charge in [-0.2, -0.15) is 0 Å². The fourth-order valence-electron chi connectivity index (χ4n) is 1.88. The van der Waals surface area contributed by atoms with E-state index in [9.17, 15) is 0 Å². The largest absolute Gasteiger partial charge is 0.345 e. The quantitative estimate of drug-likeness (QED) is 0.811. The number of nitrogens with one attached hydrogen (secondary N) is 1. The lowest BCUT2D eigenvalue weighted by Gasteiger charge is -2.10. The summed E-state index contributed by atoms with van der Waals surface area (Å²) in [4.78, 5) is 7.46. The number of benzene rings is 1. The zero-order valence-electron chi connectivity index (χ0n) is 9.91. The van der Waals surface area contributed by atoms with Gasteiger partial charge in [-0.1, -0.05) is 24.3 Å². The Labute approximate surface area is 96.1 Å². The maximum absolute atomic E-state index is 4.31. The van der Waals surface area contributed by atoms with E-state index < -0.39 is 0 Å². The van der Waals surface area contributed by atoms with E-state index in [0.29, 0.717) is 0 Å². The summed E-state index contributed by atoms with van der Waals surface area (Å²) in [5.74, 6) is 0.927. The highest BCUT2D eigenvalue weighted by atomic mass is 14.9. The maximum atomic E-state index is 4.31. The standard InChI is InChI=1S/C14H16N2/c1-4-12(14-15-8-9-16-14)13-7-5-6-10(2)11(13)3/h4-9H,1-3H3,(H,15,16)/b12-4-. The molecule has 1 heterocycles. The summed E-state index contributed by atoms with van der Waals surface area (Å²) in [6, 6.07) is 6.36. The van der Waals surface area contributed by atoms with Crippen LogP contribution in [0.2, 0.25) is 0 Å². The SMILES string of the molecule is C/C=C(\c1ncc[nH]1)c1cccc(C)c1C. The van der Waals surface area contributed by atoms with Gasteiger partial charge in [-0.05, 0) is 37.5 Å². The molecule has 0 bridgehead atoms. The van der Waals surface area contributed by atoms with Crippen LogP contribution >= 0.6 is 0 Å². The number of rotatable bonds is 2. The molecule has 0 saturated heterocycles. The van der Waals surface area contributed by atoms with Crippen LogP contribution in [-0.2, 0) is 0 Å². The van der Waals surface area contributed by atoms with E-state index in [-0.39, 0.29) is 0 Å². The topological polar surface area (TPSA) is 28.7 Å². The van der Waals surface area contributed by atoms with Crippen LogP contribution in [-0.4, -0.2) is 9.97 Å². The smallest absolute Gasteiger partial charge is 0.137 e. The molecule has 0 unspecified atom stereocenters. The number of nitrogens with zero attached hydrogens (tertiary/aromatic N) is 1. The van der Waals surface area contributed by atoms with Gasteiger partial charge in [0, 0.05) is 18.0 Å². The minimum absolute atomic E-state index is 0.927. The monoisotopic (exact) mass is 212 g/mol. The summed E-state index contributed by atoms with van der Waals surface area (Å²) in [7, 11) is 0. The molecule has 0 amide bonds. The summed E-state index contributed by atoms with van der Waals surface area (Å²) < 4.78 is 0. The Morgan fingerprint density at radius 1 is 1.31 bits per heavy atom. The number of H-pyrrole nitrogens is 1. The van der Waals surface area contributed by atoms with Gasteiger partial charge in [0.1, 0.15) is 5.82 Å². The maximum Gasteiger partial charge on any atom is 0.137 e. The molecule has 1 N–H and O–H groups in total. The van der Waals surface area contributed by atoms with Gasteiger partial charge in [-0.3, -0.25) is 0 Å². The molecule has 2 rings (SSSR count). The number of aryl methyl sites for hydroxylation is 1. The first-order valence-electron chi connectivity index (χ1n) is 5.46. The van der Waals surface area contributed by atoms with Crippen LogP contribution in [0.3, 0.4) is 0 Å². The van der Waals surface area contributed by atoms with Crippen molar-refractivity contribution in [3.63, 3.8) is 0 Å². The average Bonchev–Trinajstić information content (AvgIpc) is 2.79. The first kappa shape index (κ1) is 10.7. The molecule has 2 nitrogen and oxygen atoms in total. The predicted molar refractivity (Wildman–Crippen MR) is 67.3 cm³/mol. The molecule has 0 fully saturated rings. The molecule has 16 heavy (non-hydrogen) atoms. The van der Waals surface area contributed by atoms with Crippen LogP contribution in [0.5, 0.6) is 0 Å². The van der Waals surface area contributed by atoms with E-state index in [1.807, 2.05) is 13.1 Å². The number of allylic oxidation sites excluding steroid dienone is 1. The zero-order valence-corrected chi connectivity index (χ0v) is 9.91. The average molecular weight is 212 g/mol. The van der Waals surface area contributed by atoms with Crippen molar-refractivity contribution in [2.24, 2.45) is 0 Å². The van der Waals surface area contributed by atoms with Gasteiger partial charge in [0.25, 0.3) is 0 Å². The highest BCUT2D eigenvalue weighted by Crippen LogP contribution is 2.25. The van der Waals surface area contributed by atoms with Crippen molar-refractivity contribution in [3.05, 3.63) is 59.2 Å². The lowest BCUT2D eigenvalue weighted by molar-refractivity contribution is 1.22. The van der Waals surface area contributed by atoms with Crippen molar-refractivity contribution in [1.29, 1.82) is 0 Å². The van der Waals surface area contributed by atoms with E-state index >= 15 is 0 Å². The molecule has 2 aromatic rings. The third-order valence-corrected chi connectivity index (χ3v) is 2.94. The highest BCUT2D eigenvalue weighted by molar-refractivity contribution is 5.78. The molecule has 0 spiro atoms. The summed E-state index contributed by atoms with van der Waals surface area (Å²) in [5.41, 5.74) is 5.03. The van der Waals surface area contributed by atoms with E-state index in [2.05, 4.69) is 48.1 Å². The molecule has 0 saturated carbocycles. The van der Waals surface area contributed by atoms with Crippen LogP contribution in [0.1, 0.15) is 29.4 Å². The van der Waals surface area contributed by atoms with Gasteiger partial charge >= 0.3 is 0 Å². The third-order valence-electron chi connectivity index (χ3n) is 2.94. The Balaban J connectivity index is 2.55. The van der Waals surface area contributed by atoms with E-state index in [0.717, 1.165) is 11.4 Å². The van der Waals surface area contributed by atoms with Gasteiger partial charge in [0.15, 0.2) is 0 Å². The molecule has 0 aliphatic rings. The second kappa shape index (κ2) is 4.35. The Bertz CT molecular complexity index is 508. The lowest BCUT2D eigenvalue weighted by atomic mass is 9.96. The third kappa shape index (κ3) is 1.78. The molecule has 0 atom stereocenters. The molecule has 1 aromatic carbocycles. The number of aromatic amines is 1. The number of aromatic nitrogens is 2. The van der Waals surface area contributed by atoms with Crippen molar-refractivity contribution in [1.82, 2.24) is 9.97 Å². The van der Waals surface area contributed by atoms with Crippen molar-refractivity contribution < 1.29 is 0 Å². The van der Waals surface area contributed by atoms with E-state index in [1.165, 1.54) is 16.7 Å². The van der Waals surface area contributed by atoms with Gasteiger partial charge in [-0.15, -0.1) is 0 Å². The Morgan fingerprint density at radius 2 is 2.12 bits per heavy atom. The van der Waals surface area contributed by atoms with Crippen LogP contribution in [0.25, 0.3) is 5.57 Å². The van der Waals surface area contributed by atoms with Crippen molar-refractivity contribution in [3.8, 4) is 0 Å². The first-order chi connectivity index (χ1) is 7.74. The molecule has 1 aromatic heterocycles. The van der Waals surface area contributed by atoms with Crippen molar-refractivity contribution in [2.75, 3.05) is 0 Å². The van der Waals surface area contributed by atoms with Crippen LogP contribution in [0, 0.1) is 13.8 Å². The molecular formula is C14H16N2. The molecule has 0 aliphatic carbocycles. The summed E-state index contributed by atoms with van der Waals surface area (Å²) in [6.07, 6.45) is 5.73. The highest BCUT2D eigenvalue weighted by Gasteiger charge is 2.09. The Kier molecular flexibility index (Phi) is 2.91. The van der Waals surface area contributed by atoms with Gasteiger partial charge in [0.2, 0.25) is 0 Å². The second-order valence-corrected chi connectivity index (χ2v) is 3.89. The van der Waals surface area contributed by atoms with E-state index in [1.54, 1.807) is 6.20 Å². The second-order valence-electron chi connectivity index (χ2n) is 3.89. The first-order valence-corrected chi connectivity index (χ1v) is 5.46. The van der Waals surface area contributed by atoms with Crippen molar-refractivity contribution >= 4 is 5.57 Å². The fourth-order valence-corrected chi connectivity index (χ4v) is 1.88. The molecule has 0 aliphatic heterocycles. The molecular weight excluding hydrogens is 196 g/mol. The number of hydrogen-bond acceptors (Lipinski definition) is 1. The minimum Gasteiger partial charge on any atom is -0.345 e. The van der Waals surface area contributed by atoms with Crippen LogP contribution < -0.4 is 0 Å². The Hall–Kier alpha value is -1.83. The summed E-state index contributed by atoms with van der Waals surface area (Å²) in [5, 5.41) is 0. The minimum atomic E-state index is 0.927.